The lowest BCUT2D eigenvalue weighted by molar-refractivity contribution is -0.258. The van der Waals surface area contributed by atoms with Crippen LogP contribution >= 0.6 is 0 Å². The number of aliphatic hydroxyl groups excluding tert-OH is 2. The molecular formula is C64H82N2O7. The second-order valence-corrected chi connectivity index (χ2v) is 21.8. The van der Waals surface area contributed by atoms with E-state index < -0.39 is 23.3 Å². The van der Waals surface area contributed by atoms with Crippen molar-refractivity contribution in [2.75, 3.05) is 19.8 Å². The minimum atomic E-state index is -1.37. The van der Waals surface area contributed by atoms with E-state index in [4.69, 9.17) is 24.2 Å². The first kappa shape index (κ1) is 53.8. The molecule has 1 amide bonds. The number of carbonyl (C=O) groups is 1. The number of amides is 1. The van der Waals surface area contributed by atoms with E-state index in [9.17, 15) is 10.2 Å². The molecule has 5 aromatic rings. The first-order chi connectivity index (χ1) is 35.6. The molecule has 9 heteroatoms. The highest BCUT2D eigenvalue weighted by Crippen LogP contribution is 2.62. The fraction of sp³-hybridized carbons (Fsp3) is 0.500. The monoisotopic (exact) mass is 991 g/mol. The molecule has 2 N–H and O–H groups in total. The Morgan fingerprint density at radius 2 is 1.45 bits per heavy atom. The zero-order valence-electron chi connectivity index (χ0n) is 44.2. The third kappa shape index (κ3) is 13.1. The molecule has 0 bridgehead atoms. The standard InChI is InChI=1S/C64H82N2O7/c1-6-8-9-10-11-12-13-14-15-33-60(69)66(45-50-30-24-29-47-26-18-19-31-53(47)50)59-44-57(65-73-63(3,4)5)55-42-49(28-20-22-38-67)54(32-21-23-39-68)61-56-43-52(71-51-35-34-46-25-16-17-27-48(46)41-51)36-37-58(56)72-64(59,62(55)61)70-40-7-2/h7,16-19,24-27,29-31,34-37,41-43,49,54,59,61-62,67-68H,2,6,8-15,20-23,28,32-33,38-40,44-45H2,1,3-5H3. The Balaban J connectivity index is 1.29. The molecule has 2 aliphatic carbocycles. The molecule has 0 spiro atoms. The number of oxime groups is 1. The minimum absolute atomic E-state index is 0.0632. The van der Waals surface area contributed by atoms with Gasteiger partial charge in [-0.2, -0.15) is 0 Å². The molecule has 0 radical (unpaired) electrons. The molecule has 1 heterocycles. The summed E-state index contributed by atoms with van der Waals surface area (Å²) in [6.07, 6.45) is 20.1. The summed E-state index contributed by atoms with van der Waals surface area (Å²) in [6.45, 7) is 13.3. The Morgan fingerprint density at radius 3 is 2.19 bits per heavy atom. The Hall–Kier alpha value is -5.48. The van der Waals surface area contributed by atoms with Crippen LogP contribution in [0.15, 0.2) is 133 Å². The molecule has 8 rings (SSSR count). The molecule has 0 saturated heterocycles. The molecule has 3 aliphatic rings. The smallest absolute Gasteiger partial charge is 0.239 e. The van der Waals surface area contributed by atoms with E-state index in [2.05, 4.69) is 97.3 Å². The van der Waals surface area contributed by atoms with Gasteiger partial charge in [-0.1, -0.05) is 161 Å². The molecule has 390 valence electrons. The Kier molecular flexibility index (Phi) is 18.9. The molecule has 9 nitrogen and oxygen atoms in total. The van der Waals surface area contributed by atoms with Crippen molar-refractivity contribution in [2.45, 2.75) is 167 Å². The highest BCUT2D eigenvalue weighted by Gasteiger charge is 2.65. The maximum atomic E-state index is 15.6. The summed E-state index contributed by atoms with van der Waals surface area (Å²) in [6, 6.07) is 34.8. The van der Waals surface area contributed by atoms with E-state index in [-0.39, 0.29) is 43.5 Å². The lowest BCUT2D eigenvalue weighted by atomic mass is 9.55. The Bertz CT molecular complexity index is 2660. The highest BCUT2D eigenvalue weighted by atomic mass is 16.7. The fourth-order valence-corrected chi connectivity index (χ4v) is 12.0. The van der Waals surface area contributed by atoms with Crippen LogP contribution in [-0.4, -0.2) is 64.0 Å². The van der Waals surface area contributed by atoms with Crippen LogP contribution in [0.3, 0.4) is 0 Å². The van der Waals surface area contributed by atoms with Crippen LogP contribution in [0.4, 0.5) is 0 Å². The van der Waals surface area contributed by atoms with E-state index in [0.717, 1.165) is 94.7 Å². The Labute approximate surface area is 435 Å². The van der Waals surface area contributed by atoms with Crippen LogP contribution < -0.4 is 9.47 Å². The first-order valence-electron chi connectivity index (χ1n) is 27.8. The zero-order valence-corrected chi connectivity index (χ0v) is 44.2. The molecular weight excluding hydrogens is 909 g/mol. The SMILES string of the molecule is C=CCOC12Oc3ccc(Oc4ccc5ccccc5c4)cc3C3C(CCCCO)C(CCCCO)C=C(C(=NOC(C)(C)C)CC1N(Cc1cccc4ccccc14)C(=O)CCCCCCCCCCC)C32. The molecule has 6 unspecified atom stereocenters. The number of carbonyl (C=O) groups excluding carboxylic acids is 1. The number of hydrogen-bond donors (Lipinski definition) is 2. The highest BCUT2D eigenvalue weighted by molar-refractivity contribution is 6.03. The van der Waals surface area contributed by atoms with E-state index in [0.29, 0.717) is 43.7 Å². The van der Waals surface area contributed by atoms with Crippen molar-refractivity contribution in [1.29, 1.82) is 0 Å². The van der Waals surface area contributed by atoms with Crippen LogP contribution in [0.25, 0.3) is 21.5 Å². The lowest BCUT2D eigenvalue weighted by Gasteiger charge is -2.60. The van der Waals surface area contributed by atoms with Gasteiger partial charge in [0.15, 0.2) is 0 Å². The van der Waals surface area contributed by atoms with Gasteiger partial charge in [-0.3, -0.25) is 4.79 Å². The molecule has 6 atom stereocenters. The summed E-state index contributed by atoms with van der Waals surface area (Å²) >= 11 is 0. The summed E-state index contributed by atoms with van der Waals surface area (Å²) in [5.41, 5.74) is 3.30. The summed E-state index contributed by atoms with van der Waals surface area (Å²) < 4.78 is 21.8. The molecule has 73 heavy (non-hydrogen) atoms. The zero-order chi connectivity index (χ0) is 51.2. The topological polar surface area (TPSA) is 110 Å². The van der Waals surface area contributed by atoms with Crippen molar-refractivity contribution < 1.29 is 34.1 Å². The fourth-order valence-electron chi connectivity index (χ4n) is 12.0. The van der Waals surface area contributed by atoms with Crippen LogP contribution in [0.2, 0.25) is 0 Å². The quantitative estimate of drug-likeness (QED) is 0.0306. The van der Waals surface area contributed by atoms with Gasteiger partial charge in [0, 0.05) is 44.1 Å². The maximum absolute atomic E-state index is 15.6. The Morgan fingerprint density at radius 1 is 0.781 bits per heavy atom. The molecule has 1 aliphatic heterocycles. The van der Waals surface area contributed by atoms with Gasteiger partial charge in [0.25, 0.3) is 0 Å². The van der Waals surface area contributed by atoms with Gasteiger partial charge in [-0.05, 0) is 128 Å². The second-order valence-electron chi connectivity index (χ2n) is 21.8. The van der Waals surface area contributed by atoms with Gasteiger partial charge < -0.3 is 34.2 Å². The molecule has 0 aromatic heterocycles. The average Bonchev–Trinajstić information content (AvgIpc) is 3.39. The van der Waals surface area contributed by atoms with Crippen molar-refractivity contribution in [3.63, 3.8) is 0 Å². The van der Waals surface area contributed by atoms with E-state index in [1.165, 1.54) is 38.5 Å². The predicted octanol–water partition coefficient (Wildman–Crippen LogP) is 15.2. The first-order valence-corrected chi connectivity index (χ1v) is 27.8. The largest absolute Gasteiger partial charge is 0.459 e. The number of unbranched alkanes of at least 4 members (excludes halogenated alkanes) is 10. The average molecular weight is 991 g/mol. The summed E-state index contributed by atoms with van der Waals surface area (Å²) in [7, 11) is 0. The van der Waals surface area contributed by atoms with Gasteiger partial charge in [-0.25, -0.2) is 0 Å². The van der Waals surface area contributed by atoms with E-state index in [1.807, 2.05) is 51.1 Å². The number of rotatable bonds is 27. The number of aliphatic hydroxyl groups is 2. The molecule has 5 aromatic carbocycles. The van der Waals surface area contributed by atoms with Crippen LogP contribution in [0, 0.1) is 17.8 Å². The number of benzene rings is 5. The van der Waals surface area contributed by atoms with Gasteiger partial charge in [0.05, 0.1) is 18.2 Å². The number of fused-ring (bicyclic) bond motifs is 4. The van der Waals surface area contributed by atoms with Crippen LogP contribution in [0.5, 0.6) is 17.2 Å². The number of hydrogen-bond acceptors (Lipinski definition) is 8. The van der Waals surface area contributed by atoms with Crippen molar-refractivity contribution in [3.8, 4) is 17.2 Å². The van der Waals surface area contributed by atoms with E-state index in [1.54, 1.807) is 6.08 Å². The van der Waals surface area contributed by atoms with Crippen molar-refractivity contribution in [3.05, 3.63) is 139 Å². The third-order valence-electron chi connectivity index (χ3n) is 15.4. The minimum Gasteiger partial charge on any atom is -0.459 e. The second kappa shape index (κ2) is 25.6. The van der Waals surface area contributed by atoms with Gasteiger partial charge in [-0.15, -0.1) is 6.58 Å². The molecule has 1 saturated carbocycles. The van der Waals surface area contributed by atoms with Crippen LogP contribution in [0.1, 0.15) is 154 Å². The maximum Gasteiger partial charge on any atom is 0.239 e. The van der Waals surface area contributed by atoms with Crippen LogP contribution in [-0.2, 0) is 20.9 Å². The van der Waals surface area contributed by atoms with Crippen molar-refractivity contribution in [1.82, 2.24) is 4.90 Å². The van der Waals surface area contributed by atoms with Crippen molar-refractivity contribution >= 4 is 33.2 Å². The van der Waals surface area contributed by atoms with E-state index >= 15 is 4.79 Å². The molecule has 1 fully saturated rings. The summed E-state index contributed by atoms with van der Waals surface area (Å²) in [5.74, 6) is 0.406. The lowest BCUT2D eigenvalue weighted by Crippen LogP contribution is -2.70. The van der Waals surface area contributed by atoms with Gasteiger partial charge >= 0.3 is 0 Å². The number of allylic oxidation sites excluding steroid dienone is 1. The van der Waals surface area contributed by atoms with Crippen molar-refractivity contribution in [2.24, 2.45) is 22.9 Å². The number of ether oxygens (including phenoxy) is 3. The predicted molar refractivity (Wildman–Crippen MR) is 296 cm³/mol. The third-order valence-corrected chi connectivity index (χ3v) is 15.4. The summed E-state index contributed by atoms with van der Waals surface area (Å²) in [5, 5.41) is 29.8. The normalized spacial score (nSPS) is 21.8. The summed E-state index contributed by atoms with van der Waals surface area (Å²) in [4.78, 5) is 24.1. The van der Waals surface area contributed by atoms with Gasteiger partial charge in [0.2, 0.25) is 11.7 Å². The van der Waals surface area contributed by atoms with Gasteiger partial charge in [0.1, 0.15) is 28.9 Å². The number of nitrogens with zero attached hydrogens (tertiary/aromatic N) is 2.